The van der Waals surface area contributed by atoms with E-state index < -0.39 is 0 Å². The lowest BCUT2D eigenvalue weighted by Crippen LogP contribution is -2.42. The summed E-state index contributed by atoms with van der Waals surface area (Å²) in [7, 11) is 0. The van der Waals surface area contributed by atoms with Crippen molar-refractivity contribution in [1.29, 1.82) is 0 Å². The zero-order valence-electron chi connectivity index (χ0n) is 12.8. The third-order valence-electron chi connectivity index (χ3n) is 5.69. The van der Waals surface area contributed by atoms with E-state index in [-0.39, 0.29) is 0 Å². The fraction of sp³-hybridized carbons (Fsp3) is 1.00. The first-order valence-corrected chi connectivity index (χ1v) is 8.24. The monoisotopic (exact) mass is 251 g/mol. The first-order chi connectivity index (χ1) is 8.48. The normalized spacial score (nSPS) is 36.3. The highest BCUT2D eigenvalue weighted by atomic mass is 14.7. The van der Waals surface area contributed by atoms with E-state index in [1.54, 1.807) is 0 Å². The molecule has 0 saturated heterocycles. The van der Waals surface area contributed by atoms with Crippen molar-refractivity contribution < 1.29 is 0 Å². The lowest BCUT2D eigenvalue weighted by atomic mass is 9.64. The molecule has 106 valence electrons. The molecule has 1 heteroatoms. The maximum atomic E-state index is 6.47. The quantitative estimate of drug-likeness (QED) is 0.669. The van der Waals surface area contributed by atoms with Gasteiger partial charge in [0.05, 0.1) is 0 Å². The Morgan fingerprint density at radius 3 is 2.00 bits per heavy atom. The molecule has 2 saturated carbocycles. The van der Waals surface area contributed by atoms with Gasteiger partial charge in [0.25, 0.3) is 0 Å². The Morgan fingerprint density at radius 2 is 1.44 bits per heavy atom. The van der Waals surface area contributed by atoms with Crippen molar-refractivity contribution in [1.82, 2.24) is 0 Å². The van der Waals surface area contributed by atoms with Gasteiger partial charge in [0, 0.05) is 6.04 Å². The molecule has 0 aromatic heterocycles. The molecular weight excluding hydrogens is 218 g/mol. The lowest BCUT2D eigenvalue weighted by Gasteiger charge is -2.43. The van der Waals surface area contributed by atoms with Gasteiger partial charge in [0.15, 0.2) is 0 Å². The average molecular weight is 251 g/mol. The Hall–Kier alpha value is -0.0400. The molecule has 0 bridgehead atoms. The van der Waals surface area contributed by atoms with Crippen molar-refractivity contribution >= 4 is 0 Å². The van der Waals surface area contributed by atoms with Crippen molar-refractivity contribution in [3.8, 4) is 0 Å². The predicted octanol–water partition coefficient (Wildman–Crippen LogP) is 4.75. The number of nitrogens with two attached hydrogens (primary N) is 1. The summed E-state index contributed by atoms with van der Waals surface area (Å²) in [5, 5.41) is 0. The Bertz CT molecular complexity index is 245. The smallest absolute Gasteiger partial charge is 0.00700 e. The zero-order valence-corrected chi connectivity index (χ0v) is 12.8. The van der Waals surface area contributed by atoms with E-state index in [1.165, 1.54) is 57.8 Å². The molecule has 2 aliphatic rings. The third kappa shape index (κ3) is 3.50. The Morgan fingerprint density at radius 1 is 0.833 bits per heavy atom. The van der Waals surface area contributed by atoms with Crippen molar-refractivity contribution in [2.75, 3.05) is 0 Å². The first-order valence-electron chi connectivity index (χ1n) is 8.24. The molecular formula is C17H33N. The summed E-state index contributed by atoms with van der Waals surface area (Å²) in [6, 6.07) is 0.492. The maximum absolute atomic E-state index is 6.47. The number of rotatable bonds is 1. The average Bonchev–Trinajstić information content (AvgIpc) is 2.56. The summed E-state index contributed by atoms with van der Waals surface area (Å²) in [5.74, 6) is 2.65. The summed E-state index contributed by atoms with van der Waals surface area (Å²) in [5.41, 5.74) is 6.94. The minimum Gasteiger partial charge on any atom is -0.327 e. The van der Waals surface area contributed by atoms with E-state index >= 15 is 0 Å². The van der Waals surface area contributed by atoms with Gasteiger partial charge >= 0.3 is 0 Å². The van der Waals surface area contributed by atoms with Crippen LogP contribution >= 0.6 is 0 Å². The van der Waals surface area contributed by atoms with E-state index in [1.807, 2.05) is 0 Å². The molecule has 2 fully saturated rings. The molecule has 0 heterocycles. The molecule has 2 N–H and O–H groups in total. The van der Waals surface area contributed by atoms with Crippen LogP contribution in [0.1, 0.15) is 78.6 Å². The third-order valence-corrected chi connectivity index (χ3v) is 5.69. The van der Waals surface area contributed by atoms with E-state index in [0.29, 0.717) is 11.5 Å². The zero-order chi connectivity index (χ0) is 13.2. The van der Waals surface area contributed by atoms with Crippen LogP contribution < -0.4 is 5.73 Å². The van der Waals surface area contributed by atoms with Gasteiger partial charge in [-0.2, -0.15) is 0 Å². The molecule has 2 rings (SSSR count). The summed E-state index contributed by atoms with van der Waals surface area (Å²) in [4.78, 5) is 0. The Labute approximate surface area is 114 Å². The van der Waals surface area contributed by atoms with Crippen LogP contribution in [0.4, 0.5) is 0 Å². The first kappa shape index (κ1) is 14.4. The molecule has 0 aromatic carbocycles. The van der Waals surface area contributed by atoms with Crippen LogP contribution in [-0.2, 0) is 0 Å². The fourth-order valence-electron chi connectivity index (χ4n) is 4.30. The highest BCUT2D eigenvalue weighted by Gasteiger charge is 2.37. The van der Waals surface area contributed by atoms with Gasteiger partial charge in [-0.05, 0) is 42.4 Å². The van der Waals surface area contributed by atoms with E-state index in [0.717, 1.165) is 17.8 Å². The van der Waals surface area contributed by atoms with Gasteiger partial charge < -0.3 is 5.73 Å². The molecule has 18 heavy (non-hydrogen) atoms. The minimum atomic E-state index is 0.475. The molecule has 0 radical (unpaired) electrons. The summed E-state index contributed by atoms with van der Waals surface area (Å²) < 4.78 is 0. The van der Waals surface area contributed by atoms with Crippen molar-refractivity contribution in [3.63, 3.8) is 0 Å². The van der Waals surface area contributed by atoms with Crippen LogP contribution in [0, 0.1) is 23.2 Å². The van der Waals surface area contributed by atoms with Crippen LogP contribution in [0.2, 0.25) is 0 Å². The topological polar surface area (TPSA) is 26.0 Å². The van der Waals surface area contributed by atoms with Gasteiger partial charge in [0.2, 0.25) is 0 Å². The molecule has 2 aliphatic carbocycles. The van der Waals surface area contributed by atoms with Crippen LogP contribution in [0.25, 0.3) is 0 Å². The minimum absolute atomic E-state index is 0.475. The second-order valence-corrected chi connectivity index (χ2v) is 7.96. The highest BCUT2D eigenvalue weighted by molar-refractivity contribution is 4.90. The summed E-state index contributed by atoms with van der Waals surface area (Å²) >= 11 is 0. The fourth-order valence-corrected chi connectivity index (χ4v) is 4.30. The van der Waals surface area contributed by atoms with Gasteiger partial charge in [-0.15, -0.1) is 0 Å². The van der Waals surface area contributed by atoms with Crippen molar-refractivity contribution in [3.05, 3.63) is 0 Å². The van der Waals surface area contributed by atoms with Gasteiger partial charge in [-0.25, -0.2) is 0 Å². The van der Waals surface area contributed by atoms with Crippen LogP contribution in [0.15, 0.2) is 0 Å². The lowest BCUT2D eigenvalue weighted by molar-refractivity contribution is 0.0893. The van der Waals surface area contributed by atoms with Gasteiger partial charge in [-0.1, -0.05) is 59.3 Å². The molecule has 0 amide bonds. The van der Waals surface area contributed by atoms with E-state index in [4.69, 9.17) is 5.73 Å². The van der Waals surface area contributed by atoms with Gasteiger partial charge in [0.1, 0.15) is 0 Å². The molecule has 0 aromatic rings. The largest absolute Gasteiger partial charge is 0.327 e. The SMILES string of the molecule is CC(C)(C)C1CCC(N)C(C2CCCCCC2)C1. The van der Waals surface area contributed by atoms with Crippen LogP contribution in [0.3, 0.4) is 0 Å². The summed E-state index contributed by atoms with van der Waals surface area (Å²) in [6.45, 7) is 7.25. The van der Waals surface area contributed by atoms with Gasteiger partial charge in [-0.3, -0.25) is 0 Å². The van der Waals surface area contributed by atoms with Crippen LogP contribution in [0.5, 0.6) is 0 Å². The standard InChI is InChI=1S/C17H33N/c1-17(2,3)14-10-11-16(18)15(12-14)13-8-6-4-5-7-9-13/h13-16H,4-12,18H2,1-3H3. The summed E-state index contributed by atoms with van der Waals surface area (Å²) in [6.07, 6.45) is 12.8. The Balaban J connectivity index is 2.00. The van der Waals surface area contributed by atoms with Crippen molar-refractivity contribution in [2.24, 2.45) is 28.9 Å². The number of hydrogen-bond donors (Lipinski definition) is 1. The number of hydrogen-bond acceptors (Lipinski definition) is 1. The second kappa shape index (κ2) is 5.94. The maximum Gasteiger partial charge on any atom is 0.00700 e. The predicted molar refractivity (Wildman–Crippen MR) is 79.5 cm³/mol. The Kier molecular flexibility index (Phi) is 4.75. The van der Waals surface area contributed by atoms with Crippen LogP contribution in [-0.4, -0.2) is 6.04 Å². The molecule has 0 spiro atoms. The van der Waals surface area contributed by atoms with Crippen molar-refractivity contribution in [2.45, 2.75) is 84.6 Å². The highest BCUT2D eigenvalue weighted by Crippen LogP contribution is 2.44. The molecule has 0 aliphatic heterocycles. The van der Waals surface area contributed by atoms with E-state index in [9.17, 15) is 0 Å². The second-order valence-electron chi connectivity index (χ2n) is 7.96. The molecule has 1 nitrogen and oxygen atoms in total. The molecule has 3 atom stereocenters. The molecule has 3 unspecified atom stereocenters. The van der Waals surface area contributed by atoms with E-state index in [2.05, 4.69) is 20.8 Å².